The van der Waals surface area contributed by atoms with Gasteiger partial charge in [-0.3, -0.25) is 9.58 Å². The maximum absolute atomic E-state index is 12.0. The van der Waals surface area contributed by atoms with E-state index in [2.05, 4.69) is 10.00 Å². The van der Waals surface area contributed by atoms with Gasteiger partial charge in [-0.1, -0.05) is 0 Å². The molecule has 0 bridgehead atoms. The van der Waals surface area contributed by atoms with E-state index < -0.39 is 10.0 Å². The monoisotopic (exact) mass is 352 g/mol. The molecule has 1 aromatic carbocycles. The van der Waals surface area contributed by atoms with Crippen LogP contribution in [0, 0.1) is 0 Å². The zero-order valence-corrected chi connectivity index (χ0v) is 15.3. The van der Waals surface area contributed by atoms with Gasteiger partial charge in [0, 0.05) is 46.0 Å². The maximum atomic E-state index is 12.0. The van der Waals surface area contributed by atoms with Gasteiger partial charge in [-0.2, -0.15) is 5.10 Å². The van der Waals surface area contributed by atoms with Crippen LogP contribution in [0.15, 0.2) is 41.6 Å². The molecule has 0 fully saturated rings. The predicted molar refractivity (Wildman–Crippen MR) is 92.4 cm³/mol. The number of benzene rings is 1. The molecule has 132 valence electrons. The van der Waals surface area contributed by atoms with Gasteiger partial charge in [0.1, 0.15) is 12.4 Å². The summed E-state index contributed by atoms with van der Waals surface area (Å²) in [5.41, 5.74) is 1.15. The van der Waals surface area contributed by atoms with E-state index in [9.17, 15) is 8.42 Å². The first-order valence-corrected chi connectivity index (χ1v) is 9.04. The summed E-state index contributed by atoms with van der Waals surface area (Å²) in [7, 11) is 3.54. The van der Waals surface area contributed by atoms with Crippen molar-refractivity contribution in [1.82, 2.24) is 19.0 Å². The fourth-order valence-electron chi connectivity index (χ4n) is 2.18. The van der Waals surface area contributed by atoms with E-state index in [0.29, 0.717) is 12.4 Å². The van der Waals surface area contributed by atoms with Crippen LogP contribution in [-0.2, 0) is 23.6 Å². The summed E-state index contributed by atoms with van der Waals surface area (Å²) in [6, 6.07) is 6.48. The van der Waals surface area contributed by atoms with Crippen molar-refractivity contribution in [2.45, 2.75) is 11.4 Å². The lowest BCUT2D eigenvalue weighted by Crippen LogP contribution is -2.24. The molecule has 0 aliphatic carbocycles. The highest BCUT2D eigenvalue weighted by Crippen LogP contribution is 2.18. The van der Waals surface area contributed by atoms with E-state index in [4.69, 9.17) is 4.74 Å². The van der Waals surface area contributed by atoms with E-state index >= 15 is 0 Å². The van der Waals surface area contributed by atoms with Gasteiger partial charge < -0.3 is 4.74 Å². The molecule has 2 aromatic rings. The lowest BCUT2D eigenvalue weighted by atomic mass is 10.3. The van der Waals surface area contributed by atoms with Gasteiger partial charge in [0.05, 0.1) is 11.1 Å². The van der Waals surface area contributed by atoms with Crippen molar-refractivity contribution in [2.24, 2.45) is 7.05 Å². The van der Waals surface area contributed by atoms with Crippen LogP contribution in [-0.4, -0.2) is 61.7 Å². The Labute approximate surface area is 143 Å². The minimum Gasteiger partial charge on any atom is -0.492 e. The summed E-state index contributed by atoms with van der Waals surface area (Å²) < 4.78 is 32.6. The number of aromatic nitrogens is 2. The average Bonchev–Trinajstić information content (AvgIpc) is 2.92. The summed E-state index contributed by atoms with van der Waals surface area (Å²) in [5, 5.41) is 4.14. The van der Waals surface area contributed by atoms with Crippen LogP contribution in [0.3, 0.4) is 0 Å². The van der Waals surface area contributed by atoms with Crippen molar-refractivity contribution in [1.29, 1.82) is 0 Å². The summed E-state index contributed by atoms with van der Waals surface area (Å²) in [6.45, 7) is 2.08. The molecule has 8 heteroatoms. The Morgan fingerprint density at radius 2 is 1.83 bits per heavy atom. The quantitative estimate of drug-likeness (QED) is 0.714. The minimum absolute atomic E-state index is 0.258. The normalized spacial score (nSPS) is 12.1. The van der Waals surface area contributed by atoms with Crippen LogP contribution >= 0.6 is 0 Å². The molecule has 0 N–H and O–H groups in total. The highest BCUT2D eigenvalue weighted by atomic mass is 32.2. The zero-order chi connectivity index (χ0) is 17.7. The molecule has 0 amide bonds. The van der Waals surface area contributed by atoms with Gasteiger partial charge in [-0.05, 0) is 31.3 Å². The van der Waals surface area contributed by atoms with Crippen LogP contribution in [0.4, 0.5) is 0 Å². The molecule has 0 saturated heterocycles. The molecule has 0 aliphatic heterocycles. The van der Waals surface area contributed by atoms with Crippen LogP contribution in [0.2, 0.25) is 0 Å². The van der Waals surface area contributed by atoms with E-state index in [1.807, 2.05) is 26.5 Å². The number of aryl methyl sites for hydroxylation is 1. The van der Waals surface area contributed by atoms with Crippen LogP contribution in [0.5, 0.6) is 5.75 Å². The Hall–Kier alpha value is -1.90. The van der Waals surface area contributed by atoms with Gasteiger partial charge in [0.15, 0.2) is 0 Å². The van der Waals surface area contributed by atoms with Crippen molar-refractivity contribution in [3.63, 3.8) is 0 Å². The van der Waals surface area contributed by atoms with Crippen molar-refractivity contribution in [3.8, 4) is 5.75 Å². The molecule has 0 aliphatic rings. The SMILES string of the molecule is CN(CCOc1ccc(S(=O)(=O)N(C)C)cc1)Cc1cnn(C)c1. The summed E-state index contributed by atoms with van der Waals surface area (Å²) >= 11 is 0. The van der Waals surface area contributed by atoms with Crippen molar-refractivity contribution in [2.75, 3.05) is 34.3 Å². The van der Waals surface area contributed by atoms with E-state index in [1.165, 1.54) is 18.4 Å². The van der Waals surface area contributed by atoms with Crippen LogP contribution < -0.4 is 4.74 Å². The number of likely N-dealkylation sites (N-methyl/N-ethyl adjacent to an activating group) is 1. The molecule has 1 aromatic heterocycles. The standard InChI is InChI=1S/C16H24N4O3S/c1-18(2)24(21,22)16-7-5-15(6-8-16)23-10-9-19(3)12-14-11-17-20(4)13-14/h5-8,11,13H,9-10,12H2,1-4H3. The van der Waals surface area contributed by atoms with Crippen LogP contribution in [0.1, 0.15) is 5.56 Å². The maximum Gasteiger partial charge on any atom is 0.242 e. The van der Waals surface area contributed by atoms with Gasteiger partial charge in [-0.15, -0.1) is 0 Å². The molecule has 0 spiro atoms. The number of hydrogen-bond donors (Lipinski definition) is 0. The second-order valence-corrected chi connectivity index (χ2v) is 8.02. The number of nitrogens with zero attached hydrogens (tertiary/aromatic N) is 4. The van der Waals surface area contributed by atoms with Gasteiger partial charge in [-0.25, -0.2) is 12.7 Å². The number of rotatable bonds is 8. The molecule has 0 saturated carbocycles. The molecular formula is C16H24N4O3S. The molecular weight excluding hydrogens is 328 g/mol. The Bertz CT molecular complexity index is 754. The van der Waals surface area contributed by atoms with E-state index in [1.54, 1.807) is 28.9 Å². The molecule has 1 heterocycles. The highest BCUT2D eigenvalue weighted by molar-refractivity contribution is 7.89. The van der Waals surface area contributed by atoms with E-state index in [0.717, 1.165) is 18.7 Å². The molecule has 0 unspecified atom stereocenters. The Morgan fingerprint density at radius 1 is 1.17 bits per heavy atom. The first-order chi connectivity index (χ1) is 11.3. The van der Waals surface area contributed by atoms with E-state index in [-0.39, 0.29) is 4.90 Å². The second-order valence-electron chi connectivity index (χ2n) is 5.87. The number of ether oxygens (including phenoxy) is 1. The van der Waals surface area contributed by atoms with Gasteiger partial charge in [0.25, 0.3) is 0 Å². The largest absolute Gasteiger partial charge is 0.492 e. The fraction of sp³-hybridized carbons (Fsp3) is 0.438. The molecule has 24 heavy (non-hydrogen) atoms. The number of sulfonamides is 1. The molecule has 7 nitrogen and oxygen atoms in total. The third-order valence-electron chi connectivity index (χ3n) is 3.55. The Kier molecular flexibility index (Phi) is 5.98. The second kappa shape index (κ2) is 7.78. The average molecular weight is 352 g/mol. The lowest BCUT2D eigenvalue weighted by Gasteiger charge is -2.16. The Morgan fingerprint density at radius 3 is 2.38 bits per heavy atom. The first-order valence-electron chi connectivity index (χ1n) is 7.60. The number of hydrogen-bond acceptors (Lipinski definition) is 5. The highest BCUT2D eigenvalue weighted by Gasteiger charge is 2.16. The predicted octanol–water partition coefficient (Wildman–Crippen LogP) is 1.18. The molecule has 0 atom stereocenters. The zero-order valence-electron chi connectivity index (χ0n) is 14.5. The van der Waals surface area contributed by atoms with Crippen molar-refractivity contribution >= 4 is 10.0 Å². The molecule has 0 radical (unpaired) electrons. The fourth-order valence-corrected chi connectivity index (χ4v) is 3.08. The summed E-state index contributed by atoms with van der Waals surface area (Å²) in [4.78, 5) is 2.40. The first kappa shape index (κ1) is 18.4. The summed E-state index contributed by atoms with van der Waals surface area (Å²) in [5.74, 6) is 0.655. The summed E-state index contributed by atoms with van der Waals surface area (Å²) in [6.07, 6.45) is 3.84. The smallest absolute Gasteiger partial charge is 0.242 e. The van der Waals surface area contributed by atoms with Crippen molar-refractivity contribution < 1.29 is 13.2 Å². The van der Waals surface area contributed by atoms with Gasteiger partial charge >= 0.3 is 0 Å². The lowest BCUT2D eigenvalue weighted by molar-refractivity contribution is 0.233. The Balaban J connectivity index is 1.82. The third-order valence-corrected chi connectivity index (χ3v) is 5.38. The topological polar surface area (TPSA) is 67.7 Å². The third kappa shape index (κ3) is 4.80. The van der Waals surface area contributed by atoms with Crippen molar-refractivity contribution in [3.05, 3.63) is 42.2 Å². The minimum atomic E-state index is -3.40. The van der Waals surface area contributed by atoms with Gasteiger partial charge in [0.2, 0.25) is 10.0 Å². The van der Waals surface area contributed by atoms with Crippen LogP contribution in [0.25, 0.3) is 0 Å². The molecule has 2 rings (SSSR count).